The molecule has 2 rings (SSSR count). The van der Waals surface area contributed by atoms with Crippen LogP contribution in [-0.2, 0) is 7.05 Å². The Labute approximate surface area is 74.9 Å². The van der Waals surface area contributed by atoms with Crippen LogP contribution in [0.4, 0.5) is 0 Å². The SMILES string of the molecule is Cc1nn(C)c2c1=CC(N)SC=2. The summed E-state index contributed by atoms with van der Waals surface area (Å²) in [6.07, 6.45) is 2.06. The lowest BCUT2D eigenvalue weighted by molar-refractivity contribution is 0.734. The summed E-state index contributed by atoms with van der Waals surface area (Å²) in [5.74, 6) is 0. The lowest BCUT2D eigenvalue weighted by Crippen LogP contribution is -2.34. The van der Waals surface area contributed by atoms with Gasteiger partial charge < -0.3 is 5.73 Å². The van der Waals surface area contributed by atoms with Crippen LogP contribution in [0, 0.1) is 6.92 Å². The standard InChI is InChI=1S/C8H11N3S/c1-5-6-3-8(9)12-4-7(6)11(2)10-5/h3-4,8H,9H2,1-2H3. The zero-order chi connectivity index (χ0) is 8.72. The van der Waals surface area contributed by atoms with Gasteiger partial charge in [-0.3, -0.25) is 4.68 Å². The average Bonchev–Trinajstić information content (AvgIpc) is 2.28. The number of hydrogen-bond acceptors (Lipinski definition) is 3. The van der Waals surface area contributed by atoms with Gasteiger partial charge in [-0.05, 0) is 18.4 Å². The smallest absolute Gasteiger partial charge is 0.0746 e. The number of hydrogen-bond donors (Lipinski definition) is 1. The van der Waals surface area contributed by atoms with Gasteiger partial charge in [-0.1, -0.05) is 0 Å². The molecule has 1 aromatic rings. The normalized spacial score (nSPS) is 21.1. The summed E-state index contributed by atoms with van der Waals surface area (Å²) in [6, 6.07) is 0. The summed E-state index contributed by atoms with van der Waals surface area (Å²) in [5.41, 5.74) is 6.82. The van der Waals surface area contributed by atoms with E-state index in [2.05, 4.69) is 16.6 Å². The van der Waals surface area contributed by atoms with E-state index < -0.39 is 0 Å². The minimum absolute atomic E-state index is 0.0837. The maximum Gasteiger partial charge on any atom is 0.0746 e. The van der Waals surface area contributed by atoms with E-state index in [0.717, 1.165) is 5.69 Å². The average molecular weight is 181 g/mol. The highest BCUT2D eigenvalue weighted by Crippen LogP contribution is 2.09. The predicted molar refractivity (Wildman–Crippen MR) is 51.7 cm³/mol. The Bertz CT molecular complexity index is 418. The molecule has 0 saturated carbocycles. The monoisotopic (exact) mass is 181 g/mol. The molecular formula is C8H11N3S. The van der Waals surface area contributed by atoms with Gasteiger partial charge in [0.25, 0.3) is 0 Å². The van der Waals surface area contributed by atoms with E-state index in [-0.39, 0.29) is 5.37 Å². The largest absolute Gasteiger partial charge is 0.316 e. The second kappa shape index (κ2) is 2.64. The van der Waals surface area contributed by atoms with Crippen LogP contribution < -0.4 is 16.3 Å². The summed E-state index contributed by atoms with van der Waals surface area (Å²) >= 11 is 1.62. The quantitative estimate of drug-likeness (QED) is 0.574. The Hall–Kier alpha value is -0.740. The van der Waals surface area contributed by atoms with Gasteiger partial charge in [0.15, 0.2) is 0 Å². The minimum Gasteiger partial charge on any atom is -0.316 e. The van der Waals surface area contributed by atoms with Gasteiger partial charge in [-0.2, -0.15) is 5.10 Å². The molecule has 1 aromatic heterocycles. The van der Waals surface area contributed by atoms with Crippen LogP contribution >= 0.6 is 11.8 Å². The van der Waals surface area contributed by atoms with Crippen molar-refractivity contribution in [2.45, 2.75) is 12.3 Å². The first-order valence-electron chi connectivity index (χ1n) is 3.81. The van der Waals surface area contributed by atoms with Crippen molar-refractivity contribution in [2.75, 3.05) is 0 Å². The van der Waals surface area contributed by atoms with Gasteiger partial charge in [-0.25, -0.2) is 0 Å². The van der Waals surface area contributed by atoms with Crippen molar-refractivity contribution >= 4 is 23.2 Å². The molecule has 0 radical (unpaired) electrons. The summed E-state index contributed by atoms with van der Waals surface area (Å²) in [4.78, 5) is 0. The molecule has 0 fully saturated rings. The second-order valence-corrected chi connectivity index (χ2v) is 3.95. The van der Waals surface area contributed by atoms with E-state index in [4.69, 9.17) is 5.73 Å². The van der Waals surface area contributed by atoms with Crippen LogP contribution in [0.2, 0.25) is 0 Å². The first-order chi connectivity index (χ1) is 5.68. The fourth-order valence-corrected chi connectivity index (χ4v) is 2.16. The highest BCUT2D eigenvalue weighted by atomic mass is 32.2. The molecule has 1 atom stereocenters. The molecule has 64 valence electrons. The highest BCUT2D eigenvalue weighted by Gasteiger charge is 2.07. The van der Waals surface area contributed by atoms with Crippen LogP contribution in [0.15, 0.2) is 0 Å². The molecule has 4 heteroatoms. The molecule has 0 bridgehead atoms. The second-order valence-electron chi connectivity index (χ2n) is 2.89. The van der Waals surface area contributed by atoms with E-state index in [0.29, 0.717) is 0 Å². The maximum absolute atomic E-state index is 5.77. The molecule has 0 aromatic carbocycles. The van der Waals surface area contributed by atoms with E-state index in [1.54, 1.807) is 11.8 Å². The highest BCUT2D eigenvalue weighted by molar-refractivity contribution is 8.07. The third-order valence-electron chi connectivity index (χ3n) is 1.98. The van der Waals surface area contributed by atoms with Crippen molar-refractivity contribution in [3.8, 4) is 0 Å². The first-order valence-corrected chi connectivity index (χ1v) is 4.75. The Balaban J connectivity index is 2.82. The number of thioether (sulfide) groups is 1. The number of aromatic nitrogens is 2. The molecule has 1 aliphatic rings. The third-order valence-corrected chi connectivity index (χ3v) is 2.79. The fraction of sp³-hybridized carbons (Fsp3) is 0.375. The topological polar surface area (TPSA) is 43.8 Å². The Kier molecular flexibility index (Phi) is 1.73. The predicted octanol–water partition coefficient (Wildman–Crippen LogP) is -0.721. The van der Waals surface area contributed by atoms with Gasteiger partial charge in [0.1, 0.15) is 0 Å². The van der Waals surface area contributed by atoms with Crippen LogP contribution in [0.5, 0.6) is 0 Å². The molecule has 0 saturated heterocycles. The molecule has 3 nitrogen and oxygen atoms in total. The van der Waals surface area contributed by atoms with Gasteiger partial charge in [0, 0.05) is 12.3 Å². The summed E-state index contributed by atoms with van der Waals surface area (Å²) < 4.78 is 1.89. The van der Waals surface area contributed by atoms with Crippen LogP contribution in [0.3, 0.4) is 0 Å². The minimum atomic E-state index is 0.0837. The van der Waals surface area contributed by atoms with E-state index >= 15 is 0 Å². The zero-order valence-corrected chi connectivity index (χ0v) is 7.93. The van der Waals surface area contributed by atoms with E-state index in [1.807, 2.05) is 18.7 Å². The molecule has 1 aliphatic heterocycles. The lowest BCUT2D eigenvalue weighted by Gasteiger charge is -2.04. The zero-order valence-electron chi connectivity index (χ0n) is 7.11. The molecular weight excluding hydrogens is 170 g/mol. The van der Waals surface area contributed by atoms with E-state index in [9.17, 15) is 0 Å². The number of nitrogens with two attached hydrogens (primary N) is 1. The molecule has 12 heavy (non-hydrogen) atoms. The van der Waals surface area contributed by atoms with Gasteiger partial charge in [0.05, 0.1) is 16.4 Å². The van der Waals surface area contributed by atoms with Crippen molar-refractivity contribution < 1.29 is 0 Å². The van der Waals surface area contributed by atoms with Gasteiger partial charge in [0.2, 0.25) is 0 Å². The molecule has 0 amide bonds. The molecule has 2 N–H and O–H groups in total. The van der Waals surface area contributed by atoms with Crippen molar-refractivity contribution in [1.29, 1.82) is 0 Å². The summed E-state index contributed by atoms with van der Waals surface area (Å²) in [5, 5.41) is 8.82. The first kappa shape index (κ1) is 7.89. The van der Waals surface area contributed by atoms with Crippen molar-refractivity contribution in [3.63, 3.8) is 0 Å². The Morgan fingerprint density at radius 2 is 2.42 bits per heavy atom. The Morgan fingerprint density at radius 1 is 1.67 bits per heavy atom. The van der Waals surface area contributed by atoms with Gasteiger partial charge >= 0.3 is 0 Å². The molecule has 1 unspecified atom stereocenters. The van der Waals surface area contributed by atoms with Crippen LogP contribution in [-0.4, -0.2) is 15.2 Å². The molecule has 0 aliphatic carbocycles. The van der Waals surface area contributed by atoms with Crippen molar-refractivity contribution in [3.05, 3.63) is 16.3 Å². The van der Waals surface area contributed by atoms with Crippen LogP contribution in [0.1, 0.15) is 5.69 Å². The third kappa shape index (κ3) is 1.07. The van der Waals surface area contributed by atoms with Gasteiger partial charge in [-0.15, -0.1) is 11.8 Å². The van der Waals surface area contributed by atoms with Crippen molar-refractivity contribution in [1.82, 2.24) is 9.78 Å². The summed E-state index contributed by atoms with van der Waals surface area (Å²) in [7, 11) is 1.95. The van der Waals surface area contributed by atoms with E-state index in [1.165, 1.54) is 10.6 Å². The molecule has 0 spiro atoms. The fourth-order valence-electron chi connectivity index (χ4n) is 1.38. The summed E-state index contributed by atoms with van der Waals surface area (Å²) in [6.45, 7) is 2.01. The Morgan fingerprint density at radius 3 is 3.17 bits per heavy atom. The van der Waals surface area contributed by atoms with Crippen LogP contribution in [0.25, 0.3) is 11.5 Å². The number of rotatable bonds is 0. The number of fused-ring (bicyclic) bond motifs is 1. The van der Waals surface area contributed by atoms with Crippen molar-refractivity contribution in [2.24, 2.45) is 12.8 Å². The number of nitrogens with zero attached hydrogens (tertiary/aromatic N) is 2. The maximum atomic E-state index is 5.77. The lowest BCUT2D eigenvalue weighted by atomic mass is 10.3. The molecule has 2 heterocycles. The number of aryl methyl sites for hydroxylation is 2.